The highest BCUT2D eigenvalue weighted by Gasteiger charge is 2.35. The van der Waals surface area contributed by atoms with Gasteiger partial charge in [0, 0.05) is 37.8 Å². The molecule has 3 heterocycles. The maximum absolute atomic E-state index is 5.89. The molecule has 2 saturated heterocycles. The van der Waals surface area contributed by atoms with Gasteiger partial charge in [-0.15, -0.1) is 0 Å². The first kappa shape index (κ1) is 15.6. The summed E-state index contributed by atoms with van der Waals surface area (Å²) in [6, 6.07) is 8.22. The van der Waals surface area contributed by atoms with Crippen LogP contribution < -0.4 is 10.1 Å². The average Bonchev–Trinajstić information content (AvgIpc) is 3.18. The number of morpholine rings is 1. The van der Waals surface area contributed by atoms with Crippen molar-refractivity contribution in [3.8, 4) is 17.2 Å². The molecule has 1 aromatic heterocycles. The molecule has 0 aliphatic carbocycles. The summed E-state index contributed by atoms with van der Waals surface area (Å²) in [5.41, 5.74) is 1.93. The van der Waals surface area contributed by atoms with E-state index in [-0.39, 0.29) is 0 Å². The Morgan fingerprint density at radius 2 is 2.29 bits per heavy atom. The zero-order chi connectivity index (χ0) is 16.5. The van der Waals surface area contributed by atoms with E-state index < -0.39 is 0 Å². The Hall–Kier alpha value is -1.89. The lowest BCUT2D eigenvalue weighted by molar-refractivity contribution is 0.0175. The van der Waals surface area contributed by atoms with Gasteiger partial charge in [-0.2, -0.15) is 0 Å². The van der Waals surface area contributed by atoms with Crippen molar-refractivity contribution in [2.75, 3.05) is 33.4 Å². The summed E-state index contributed by atoms with van der Waals surface area (Å²) in [7, 11) is 1.66. The molecule has 0 saturated carbocycles. The number of methoxy groups -OCH3 is 1. The molecule has 0 unspecified atom stereocenters. The van der Waals surface area contributed by atoms with E-state index >= 15 is 0 Å². The zero-order valence-corrected chi connectivity index (χ0v) is 14.1. The van der Waals surface area contributed by atoms with E-state index in [0.717, 1.165) is 55.6 Å². The van der Waals surface area contributed by atoms with E-state index in [1.54, 1.807) is 7.11 Å². The van der Waals surface area contributed by atoms with Gasteiger partial charge in [-0.3, -0.25) is 4.90 Å². The molecule has 6 nitrogen and oxygen atoms in total. The molecule has 2 aliphatic rings. The molecule has 24 heavy (non-hydrogen) atoms. The summed E-state index contributed by atoms with van der Waals surface area (Å²) >= 11 is 0. The van der Waals surface area contributed by atoms with Crippen LogP contribution in [-0.2, 0) is 11.3 Å². The Balaban J connectivity index is 1.49. The number of nitrogens with zero attached hydrogens (tertiary/aromatic N) is 2. The van der Waals surface area contributed by atoms with E-state index in [1.165, 1.54) is 0 Å². The Kier molecular flexibility index (Phi) is 4.26. The Bertz CT molecular complexity index is 701. The number of likely N-dealkylation sites (tertiary alicyclic amines) is 1. The molecule has 6 heteroatoms. The Morgan fingerprint density at radius 3 is 3.12 bits per heavy atom. The summed E-state index contributed by atoms with van der Waals surface area (Å²) < 4.78 is 17.0. The molecular weight excluding hydrogens is 306 g/mol. The number of rotatable bonds is 4. The summed E-state index contributed by atoms with van der Waals surface area (Å²) in [6.07, 6.45) is 0.295. The van der Waals surface area contributed by atoms with Gasteiger partial charge in [0.05, 0.1) is 25.5 Å². The van der Waals surface area contributed by atoms with Gasteiger partial charge in [0.1, 0.15) is 11.5 Å². The van der Waals surface area contributed by atoms with Crippen molar-refractivity contribution < 1.29 is 13.9 Å². The van der Waals surface area contributed by atoms with Gasteiger partial charge >= 0.3 is 0 Å². The van der Waals surface area contributed by atoms with E-state index in [2.05, 4.69) is 10.2 Å². The van der Waals surface area contributed by atoms with Crippen molar-refractivity contribution >= 4 is 0 Å². The fourth-order valence-electron chi connectivity index (χ4n) is 3.47. The maximum Gasteiger partial charge on any atom is 0.226 e. The second-order valence-electron chi connectivity index (χ2n) is 6.42. The Morgan fingerprint density at radius 1 is 1.38 bits per heavy atom. The second-order valence-corrected chi connectivity index (χ2v) is 6.42. The van der Waals surface area contributed by atoms with Crippen LogP contribution in [0.3, 0.4) is 0 Å². The van der Waals surface area contributed by atoms with Gasteiger partial charge in [-0.05, 0) is 25.1 Å². The summed E-state index contributed by atoms with van der Waals surface area (Å²) in [5, 5.41) is 3.53. The third kappa shape index (κ3) is 3.05. The third-order valence-electron chi connectivity index (χ3n) is 4.77. The van der Waals surface area contributed by atoms with E-state index in [9.17, 15) is 0 Å². The number of oxazole rings is 1. The third-order valence-corrected chi connectivity index (χ3v) is 4.77. The second kappa shape index (κ2) is 6.55. The van der Waals surface area contributed by atoms with Crippen LogP contribution in [0.1, 0.15) is 11.5 Å². The van der Waals surface area contributed by atoms with Crippen molar-refractivity contribution in [2.45, 2.75) is 25.6 Å². The standard InChI is InChI=1S/C18H23N3O3/c1-12-15(9-21-10-16-17(11-21)23-7-6-19-16)20-18(24-12)13-4-3-5-14(8-13)22-2/h3-5,8,16-17,19H,6-7,9-11H2,1-2H3/t16-,17-/m0/s1. The molecular formula is C18H23N3O3. The first-order chi connectivity index (χ1) is 11.7. The lowest BCUT2D eigenvalue weighted by atomic mass is 10.2. The smallest absolute Gasteiger partial charge is 0.226 e. The summed E-state index contributed by atoms with van der Waals surface area (Å²) in [5.74, 6) is 2.32. The molecule has 4 rings (SSSR count). The number of aromatic nitrogens is 1. The fourth-order valence-corrected chi connectivity index (χ4v) is 3.47. The van der Waals surface area contributed by atoms with Gasteiger partial charge in [-0.25, -0.2) is 4.98 Å². The first-order valence-corrected chi connectivity index (χ1v) is 8.41. The number of aryl methyl sites for hydroxylation is 1. The maximum atomic E-state index is 5.89. The summed E-state index contributed by atoms with van der Waals surface area (Å²) in [6.45, 7) is 6.45. The van der Waals surface area contributed by atoms with Crippen LogP contribution in [0.15, 0.2) is 28.7 Å². The van der Waals surface area contributed by atoms with Crippen LogP contribution >= 0.6 is 0 Å². The molecule has 2 aromatic rings. The number of hydrogen-bond donors (Lipinski definition) is 1. The molecule has 0 spiro atoms. The molecule has 2 fully saturated rings. The van der Waals surface area contributed by atoms with Crippen LogP contribution in [-0.4, -0.2) is 55.4 Å². The van der Waals surface area contributed by atoms with E-state index in [0.29, 0.717) is 18.0 Å². The zero-order valence-electron chi connectivity index (χ0n) is 14.1. The molecule has 1 N–H and O–H groups in total. The highest BCUT2D eigenvalue weighted by Crippen LogP contribution is 2.26. The molecule has 0 bridgehead atoms. The SMILES string of the molecule is COc1cccc(-c2nc(CN3C[C@@H]4NCCO[C@H]4C3)c(C)o2)c1. The Labute approximate surface area is 141 Å². The van der Waals surface area contributed by atoms with Crippen molar-refractivity contribution in [1.82, 2.24) is 15.2 Å². The lowest BCUT2D eigenvalue weighted by Gasteiger charge is -2.25. The van der Waals surface area contributed by atoms with Gasteiger partial charge in [0.2, 0.25) is 5.89 Å². The number of benzene rings is 1. The van der Waals surface area contributed by atoms with Crippen LogP contribution in [0.2, 0.25) is 0 Å². The molecule has 0 radical (unpaired) electrons. The van der Waals surface area contributed by atoms with Crippen molar-refractivity contribution in [1.29, 1.82) is 0 Å². The van der Waals surface area contributed by atoms with Crippen molar-refractivity contribution in [3.63, 3.8) is 0 Å². The van der Waals surface area contributed by atoms with Gasteiger partial charge in [0.25, 0.3) is 0 Å². The minimum absolute atomic E-state index is 0.295. The van der Waals surface area contributed by atoms with Crippen LogP contribution in [0.4, 0.5) is 0 Å². The van der Waals surface area contributed by atoms with E-state index in [4.69, 9.17) is 18.9 Å². The average molecular weight is 329 g/mol. The van der Waals surface area contributed by atoms with Crippen molar-refractivity contribution in [2.24, 2.45) is 0 Å². The molecule has 0 amide bonds. The molecule has 1 aromatic carbocycles. The number of nitrogens with one attached hydrogen (secondary N) is 1. The van der Waals surface area contributed by atoms with Crippen molar-refractivity contribution in [3.05, 3.63) is 35.7 Å². The van der Waals surface area contributed by atoms with Gasteiger partial charge < -0.3 is 19.2 Å². The quantitative estimate of drug-likeness (QED) is 0.923. The van der Waals surface area contributed by atoms with Crippen LogP contribution in [0.5, 0.6) is 5.75 Å². The van der Waals surface area contributed by atoms with Crippen LogP contribution in [0.25, 0.3) is 11.5 Å². The largest absolute Gasteiger partial charge is 0.497 e. The fraction of sp³-hybridized carbons (Fsp3) is 0.500. The monoisotopic (exact) mass is 329 g/mol. The molecule has 2 atom stereocenters. The number of fused-ring (bicyclic) bond motifs is 1. The van der Waals surface area contributed by atoms with Crippen LogP contribution in [0, 0.1) is 6.92 Å². The normalized spacial score (nSPS) is 24.1. The number of hydrogen-bond acceptors (Lipinski definition) is 6. The predicted molar refractivity (Wildman–Crippen MR) is 90.0 cm³/mol. The highest BCUT2D eigenvalue weighted by atomic mass is 16.5. The molecule has 128 valence electrons. The topological polar surface area (TPSA) is 59.8 Å². The minimum Gasteiger partial charge on any atom is -0.497 e. The van der Waals surface area contributed by atoms with Gasteiger partial charge in [-0.1, -0.05) is 6.07 Å². The first-order valence-electron chi connectivity index (χ1n) is 8.41. The predicted octanol–water partition coefficient (Wildman–Crippen LogP) is 1.83. The highest BCUT2D eigenvalue weighted by molar-refractivity contribution is 5.56. The minimum atomic E-state index is 0.295. The lowest BCUT2D eigenvalue weighted by Crippen LogP contribution is -2.47. The van der Waals surface area contributed by atoms with E-state index in [1.807, 2.05) is 31.2 Å². The molecule has 2 aliphatic heterocycles. The summed E-state index contributed by atoms with van der Waals surface area (Å²) in [4.78, 5) is 7.09. The number of ether oxygens (including phenoxy) is 2. The van der Waals surface area contributed by atoms with Gasteiger partial charge in [0.15, 0.2) is 0 Å².